The molecule has 4 heteroatoms. The van der Waals surface area contributed by atoms with Crippen molar-refractivity contribution in [2.24, 2.45) is 11.3 Å². The minimum absolute atomic E-state index is 0.0335. The van der Waals surface area contributed by atoms with Crippen LogP contribution in [0, 0.1) is 11.3 Å². The molecule has 110 valence electrons. The zero-order valence-electron chi connectivity index (χ0n) is 12.3. The number of carbonyl (C=O) groups excluding carboxylic acids is 1. The van der Waals surface area contributed by atoms with Gasteiger partial charge in [-0.3, -0.25) is 4.79 Å². The SMILES string of the molecule is CC(C)C1(C(=O)N2CCCCCC2CO)CCNC1. The molecular formula is C15H28N2O2. The molecule has 2 heterocycles. The summed E-state index contributed by atoms with van der Waals surface area (Å²) in [6, 6.07) is 0.0335. The molecule has 2 unspecified atom stereocenters. The van der Waals surface area contributed by atoms with Crippen molar-refractivity contribution in [2.45, 2.75) is 52.0 Å². The first-order chi connectivity index (χ1) is 9.12. The number of hydrogen-bond acceptors (Lipinski definition) is 3. The third-order valence-corrected chi connectivity index (χ3v) is 5.07. The predicted molar refractivity (Wildman–Crippen MR) is 75.8 cm³/mol. The van der Waals surface area contributed by atoms with Crippen LogP contribution in [-0.2, 0) is 4.79 Å². The Bertz CT molecular complexity index is 311. The summed E-state index contributed by atoms with van der Waals surface area (Å²) in [6.07, 6.45) is 5.25. The van der Waals surface area contributed by atoms with Gasteiger partial charge in [0.15, 0.2) is 0 Å². The number of nitrogens with one attached hydrogen (secondary N) is 1. The standard InChI is InChI=1S/C15H28N2O2/c1-12(2)15(7-8-16-11-15)14(19)17-9-5-3-4-6-13(17)10-18/h12-13,16,18H,3-11H2,1-2H3. The second kappa shape index (κ2) is 6.23. The van der Waals surface area contributed by atoms with E-state index in [1.54, 1.807) is 0 Å². The van der Waals surface area contributed by atoms with Crippen molar-refractivity contribution >= 4 is 5.91 Å². The van der Waals surface area contributed by atoms with E-state index in [1.165, 1.54) is 6.42 Å². The maximum atomic E-state index is 13.1. The summed E-state index contributed by atoms with van der Waals surface area (Å²) in [5.74, 6) is 0.617. The normalized spacial score (nSPS) is 32.6. The lowest BCUT2D eigenvalue weighted by Gasteiger charge is -2.39. The highest BCUT2D eigenvalue weighted by Gasteiger charge is 2.47. The summed E-state index contributed by atoms with van der Waals surface area (Å²) >= 11 is 0. The highest BCUT2D eigenvalue weighted by atomic mass is 16.3. The number of likely N-dealkylation sites (tertiary alicyclic amines) is 1. The first-order valence-corrected chi connectivity index (χ1v) is 7.74. The van der Waals surface area contributed by atoms with Gasteiger partial charge in [-0.05, 0) is 31.7 Å². The van der Waals surface area contributed by atoms with E-state index in [0.29, 0.717) is 5.92 Å². The van der Waals surface area contributed by atoms with Crippen LogP contribution < -0.4 is 5.32 Å². The number of aliphatic hydroxyl groups excluding tert-OH is 1. The van der Waals surface area contributed by atoms with Gasteiger partial charge in [0.1, 0.15) is 0 Å². The predicted octanol–water partition coefficient (Wildman–Crippen LogP) is 1.39. The molecule has 0 saturated carbocycles. The Balaban J connectivity index is 2.19. The van der Waals surface area contributed by atoms with Crippen molar-refractivity contribution in [3.05, 3.63) is 0 Å². The van der Waals surface area contributed by atoms with Gasteiger partial charge in [0.25, 0.3) is 0 Å². The maximum Gasteiger partial charge on any atom is 0.230 e. The van der Waals surface area contributed by atoms with E-state index in [9.17, 15) is 9.90 Å². The van der Waals surface area contributed by atoms with E-state index < -0.39 is 0 Å². The molecule has 0 aromatic heterocycles. The van der Waals surface area contributed by atoms with E-state index in [0.717, 1.165) is 45.3 Å². The Morgan fingerprint density at radius 2 is 2.21 bits per heavy atom. The van der Waals surface area contributed by atoms with Crippen molar-refractivity contribution in [1.82, 2.24) is 10.2 Å². The molecular weight excluding hydrogens is 240 g/mol. The van der Waals surface area contributed by atoms with Crippen molar-refractivity contribution in [3.8, 4) is 0 Å². The van der Waals surface area contributed by atoms with Crippen LogP contribution in [0.2, 0.25) is 0 Å². The fraction of sp³-hybridized carbons (Fsp3) is 0.933. The summed E-state index contributed by atoms with van der Waals surface area (Å²) in [6.45, 7) is 6.94. The van der Waals surface area contributed by atoms with Crippen molar-refractivity contribution < 1.29 is 9.90 Å². The Kier molecular flexibility index (Phi) is 4.85. The topological polar surface area (TPSA) is 52.6 Å². The Hall–Kier alpha value is -0.610. The molecule has 0 aliphatic carbocycles. The molecule has 0 radical (unpaired) electrons. The van der Waals surface area contributed by atoms with Gasteiger partial charge in [0.05, 0.1) is 18.1 Å². The van der Waals surface area contributed by atoms with Gasteiger partial charge in [-0.25, -0.2) is 0 Å². The van der Waals surface area contributed by atoms with Crippen molar-refractivity contribution in [2.75, 3.05) is 26.2 Å². The minimum atomic E-state index is -0.252. The number of rotatable bonds is 3. The van der Waals surface area contributed by atoms with Crippen LogP contribution >= 0.6 is 0 Å². The smallest absolute Gasteiger partial charge is 0.230 e. The van der Waals surface area contributed by atoms with Crippen LogP contribution in [0.3, 0.4) is 0 Å². The third-order valence-electron chi connectivity index (χ3n) is 5.07. The van der Waals surface area contributed by atoms with Gasteiger partial charge in [-0.1, -0.05) is 26.7 Å². The highest BCUT2D eigenvalue weighted by Crippen LogP contribution is 2.37. The summed E-state index contributed by atoms with van der Waals surface area (Å²) < 4.78 is 0. The minimum Gasteiger partial charge on any atom is -0.394 e. The number of carbonyl (C=O) groups is 1. The summed E-state index contributed by atoms with van der Waals surface area (Å²) in [5, 5.41) is 12.9. The molecule has 19 heavy (non-hydrogen) atoms. The molecule has 0 aromatic rings. The van der Waals surface area contributed by atoms with Crippen LogP contribution in [-0.4, -0.2) is 48.2 Å². The van der Waals surface area contributed by atoms with Gasteiger partial charge >= 0.3 is 0 Å². The molecule has 0 bridgehead atoms. The van der Waals surface area contributed by atoms with Crippen LogP contribution in [0.4, 0.5) is 0 Å². The van der Waals surface area contributed by atoms with Crippen molar-refractivity contribution in [1.29, 1.82) is 0 Å². The summed E-state index contributed by atoms with van der Waals surface area (Å²) in [7, 11) is 0. The molecule has 0 aromatic carbocycles. The lowest BCUT2D eigenvalue weighted by Crippen LogP contribution is -2.52. The van der Waals surface area contributed by atoms with Crippen LogP contribution in [0.5, 0.6) is 0 Å². The molecule has 2 N–H and O–H groups in total. The maximum absolute atomic E-state index is 13.1. The Morgan fingerprint density at radius 3 is 2.79 bits per heavy atom. The van der Waals surface area contributed by atoms with E-state index in [-0.39, 0.29) is 24.0 Å². The summed E-state index contributed by atoms with van der Waals surface area (Å²) in [4.78, 5) is 15.0. The van der Waals surface area contributed by atoms with Gasteiger partial charge in [-0.2, -0.15) is 0 Å². The van der Waals surface area contributed by atoms with Crippen LogP contribution in [0.15, 0.2) is 0 Å². The van der Waals surface area contributed by atoms with E-state index >= 15 is 0 Å². The zero-order chi connectivity index (χ0) is 13.9. The lowest BCUT2D eigenvalue weighted by atomic mass is 9.75. The number of nitrogens with zero attached hydrogens (tertiary/aromatic N) is 1. The third kappa shape index (κ3) is 2.79. The number of hydrogen-bond donors (Lipinski definition) is 2. The average molecular weight is 268 g/mol. The molecule has 2 aliphatic rings. The Labute approximate surface area is 116 Å². The first kappa shape index (κ1) is 14.8. The molecule has 4 nitrogen and oxygen atoms in total. The highest BCUT2D eigenvalue weighted by molar-refractivity contribution is 5.84. The fourth-order valence-electron chi connectivity index (χ4n) is 3.55. The van der Waals surface area contributed by atoms with Gasteiger partial charge in [0.2, 0.25) is 5.91 Å². The molecule has 2 fully saturated rings. The van der Waals surface area contributed by atoms with Crippen LogP contribution in [0.1, 0.15) is 46.0 Å². The number of amides is 1. The molecule has 2 saturated heterocycles. The monoisotopic (exact) mass is 268 g/mol. The van der Waals surface area contributed by atoms with Gasteiger partial charge in [-0.15, -0.1) is 0 Å². The zero-order valence-corrected chi connectivity index (χ0v) is 12.3. The molecule has 2 atom stereocenters. The van der Waals surface area contributed by atoms with E-state index in [2.05, 4.69) is 19.2 Å². The largest absolute Gasteiger partial charge is 0.394 e. The molecule has 0 spiro atoms. The van der Waals surface area contributed by atoms with Gasteiger partial charge in [0, 0.05) is 13.1 Å². The second-order valence-electron chi connectivity index (χ2n) is 6.42. The van der Waals surface area contributed by atoms with Gasteiger partial charge < -0.3 is 15.3 Å². The second-order valence-corrected chi connectivity index (χ2v) is 6.42. The molecule has 2 rings (SSSR count). The first-order valence-electron chi connectivity index (χ1n) is 7.74. The Morgan fingerprint density at radius 1 is 1.42 bits per heavy atom. The fourth-order valence-corrected chi connectivity index (χ4v) is 3.55. The van der Waals surface area contributed by atoms with Crippen LogP contribution in [0.25, 0.3) is 0 Å². The average Bonchev–Trinajstić information content (AvgIpc) is 2.78. The molecule has 2 aliphatic heterocycles. The molecule has 1 amide bonds. The van der Waals surface area contributed by atoms with Crippen molar-refractivity contribution in [3.63, 3.8) is 0 Å². The summed E-state index contributed by atoms with van der Waals surface area (Å²) in [5.41, 5.74) is -0.252. The van der Waals surface area contributed by atoms with E-state index in [4.69, 9.17) is 0 Å². The number of aliphatic hydroxyl groups is 1. The lowest BCUT2D eigenvalue weighted by molar-refractivity contribution is -0.147. The van der Waals surface area contributed by atoms with E-state index in [1.807, 2.05) is 4.90 Å². The quantitative estimate of drug-likeness (QED) is 0.813.